The van der Waals surface area contributed by atoms with Gasteiger partial charge in [0.1, 0.15) is 0 Å². The molecule has 0 radical (unpaired) electrons. The van der Waals surface area contributed by atoms with E-state index in [0.717, 1.165) is 12.0 Å². The number of aryl methyl sites for hydroxylation is 1. The summed E-state index contributed by atoms with van der Waals surface area (Å²) in [7, 11) is -3.21. The average Bonchev–Trinajstić information content (AvgIpc) is 2.85. The lowest BCUT2D eigenvalue weighted by molar-refractivity contribution is 0.0933. The van der Waals surface area contributed by atoms with Crippen LogP contribution in [0.3, 0.4) is 0 Å². The number of benzene rings is 1. The molecular formula is C17H28ClN3O3S. The van der Waals surface area contributed by atoms with Crippen molar-refractivity contribution < 1.29 is 13.2 Å². The first-order valence-corrected chi connectivity index (χ1v) is 9.97. The molecule has 1 amide bonds. The smallest absolute Gasteiger partial charge is 0.251 e. The van der Waals surface area contributed by atoms with Gasteiger partial charge in [-0.25, -0.2) is 8.42 Å². The minimum absolute atomic E-state index is 0. The number of rotatable bonds is 6. The first-order chi connectivity index (χ1) is 11.2. The molecule has 0 aromatic heterocycles. The Balaban J connectivity index is 0.00000312. The zero-order chi connectivity index (χ0) is 17.9. The third kappa shape index (κ3) is 5.33. The maximum absolute atomic E-state index is 12.5. The van der Waals surface area contributed by atoms with Crippen molar-refractivity contribution in [3.63, 3.8) is 0 Å². The van der Waals surface area contributed by atoms with E-state index in [9.17, 15) is 13.2 Å². The SMILES string of the molecule is Cc1cc(N2CCCS2(=O)=O)ccc1C(=O)NC(CN)CC(C)C.Cl. The molecule has 1 aromatic carbocycles. The van der Waals surface area contributed by atoms with Crippen molar-refractivity contribution in [3.05, 3.63) is 29.3 Å². The molecule has 1 aliphatic heterocycles. The Morgan fingerprint density at radius 3 is 2.52 bits per heavy atom. The fourth-order valence-corrected chi connectivity index (χ4v) is 4.59. The van der Waals surface area contributed by atoms with Gasteiger partial charge in [0.2, 0.25) is 10.0 Å². The Kier molecular flexibility index (Phi) is 7.71. The van der Waals surface area contributed by atoms with Crippen molar-refractivity contribution in [2.45, 2.75) is 39.7 Å². The first kappa shape index (κ1) is 21.7. The second-order valence-electron chi connectivity index (χ2n) is 6.78. The quantitative estimate of drug-likeness (QED) is 0.778. The number of carbonyl (C=O) groups is 1. The monoisotopic (exact) mass is 389 g/mol. The van der Waals surface area contributed by atoms with Gasteiger partial charge in [0.15, 0.2) is 0 Å². The topological polar surface area (TPSA) is 92.5 Å². The van der Waals surface area contributed by atoms with Gasteiger partial charge in [0.05, 0.1) is 11.4 Å². The Morgan fingerprint density at radius 1 is 1.36 bits per heavy atom. The highest BCUT2D eigenvalue weighted by Gasteiger charge is 2.28. The molecule has 2 rings (SSSR count). The van der Waals surface area contributed by atoms with E-state index in [1.54, 1.807) is 18.2 Å². The molecule has 1 fully saturated rings. The van der Waals surface area contributed by atoms with Crippen LogP contribution in [0, 0.1) is 12.8 Å². The van der Waals surface area contributed by atoms with E-state index in [2.05, 4.69) is 19.2 Å². The van der Waals surface area contributed by atoms with E-state index in [-0.39, 0.29) is 30.1 Å². The predicted octanol–water partition coefficient (Wildman–Crippen LogP) is 2.06. The number of hydrogen-bond donors (Lipinski definition) is 2. The third-order valence-corrected chi connectivity index (χ3v) is 6.09. The van der Waals surface area contributed by atoms with Crippen LogP contribution in [0.1, 0.15) is 42.6 Å². The highest BCUT2D eigenvalue weighted by molar-refractivity contribution is 7.93. The predicted molar refractivity (Wildman–Crippen MR) is 104 cm³/mol. The lowest BCUT2D eigenvalue weighted by Crippen LogP contribution is -2.41. The molecule has 1 aliphatic rings. The Labute approximate surface area is 156 Å². The van der Waals surface area contributed by atoms with Gasteiger partial charge in [0, 0.05) is 24.7 Å². The van der Waals surface area contributed by atoms with Crippen LogP contribution in [0.5, 0.6) is 0 Å². The molecule has 142 valence electrons. The van der Waals surface area contributed by atoms with Gasteiger partial charge in [-0.05, 0) is 49.4 Å². The molecule has 0 bridgehead atoms. The molecule has 8 heteroatoms. The van der Waals surface area contributed by atoms with Crippen LogP contribution < -0.4 is 15.4 Å². The van der Waals surface area contributed by atoms with Crippen LogP contribution in [-0.4, -0.2) is 39.2 Å². The van der Waals surface area contributed by atoms with Crippen molar-refractivity contribution in [1.29, 1.82) is 0 Å². The number of nitrogens with one attached hydrogen (secondary N) is 1. The fraction of sp³-hybridized carbons (Fsp3) is 0.588. The van der Waals surface area contributed by atoms with Crippen LogP contribution in [0.25, 0.3) is 0 Å². The van der Waals surface area contributed by atoms with Crippen LogP contribution in [0.4, 0.5) is 5.69 Å². The third-order valence-electron chi connectivity index (χ3n) is 4.22. The van der Waals surface area contributed by atoms with Gasteiger partial charge in [-0.2, -0.15) is 0 Å². The zero-order valence-corrected chi connectivity index (χ0v) is 16.6. The summed E-state index contributed by atoms with van der Waals surface area (Å²) in [5.41, 5.74) is 7.67. The highest BCUT2D eigenvalue weighted by Crippen LogP contribution is 2.26. The second-order valence-corrected chi connectivity index (χ2v) is 8.79. The minimum Gasteiger partial charge on any atom is -0.348 e. The summed E-state index contributed by atoms with van der Waals surface area (Å²) >= 11 is 0. The van der Waals surface area contributed by atoms with E-state index in [1.165, 1.54) is 4.31 Å². The van der Waals surface area contributed by atoms with Crippen LogP contribution >= 0.6 is 12.4 Å². The molecule has 0 aliphatic carbocycles. The summed E-state index contributed by atoms with van der Waals surface area (Å²) < 4.78 is 25.4. The average molecular weight is 390 g/mol. The molecule has 1 atom stereocenters. The zero-order valence-electron chi connectivity index (χ0n) is 15.0. The van der Waals surface area contributed by atoms with E-state index in [0.29, 0.717) is 36.7 Å². The fourth-order valence-electron chi connectivity index (χ4n) is 3.03. The van der Waals surface area contributed by atoms with E-state index in [1.807, 2.05) is 6.92 Å². The molecule has 0 saturated carbocycles. The summed E-state index contributed by atoms with van der Waals surface area (Å²) in [6.07, 6.45) is 1.46. The molecule has 3 N–H and O–H groups in total. The summed E-state index contributed by atoms with van der Waals surface area (Å²) in [5, 5.41) is 2.96. The van der Waals surface area contributed by atoms with Gasteiger partial charge < -0.3 is 11.1 Å². The number of nitrogens with zero attached hydrogens (tertiary/aromatic N) is 1. The van der Waals surface area contributed by atoms with E-state index in [4.69, 9.17) is 5.73 Å². The molecule has 0 spiro atoms. The molecule has 1 heterocycles. The Morgan fingerprint density at radius 2 is 2.04 bits per heavy atom. The van der Waals surface area contributed by atoms with Gasteiger partial charge in [-0.3, -0.25) is 9.10 Å². The van der Waals surface area contributed by atoms with Crippen molar-refractivity contribution >= 4 is 34.0 Å². The van der Waals surface area contributed by atoms with Crippen LogP contribution in [0.15, 0.2) is 18.2 Å². The van der Waals surface area contributed by atoms with E-state index >= 15 is 0 Å². The number of carbonyl (C=O) groups excluding carboxylic acids is 1. The van der Waals surface area contributed by atoms with E-state index < -0.39 is 10.0 Å². The Bertz CT molecular complexity index is 707. The van der Waals surface area contributed by atoms with Crippen molar-refractivity contribution in [1.82, 2.24) is 5.32 Å². The lowest BCUT2D eigenvalue weighted by atomic mass is 10.0. The Hall–Kier alpha value is -1.31. The molecule has 1 aromatic rings. The molecule has 1 unspecified atom stereocenters. The van der Waals surface area contributed by atoms with Crippen LogP contribution in [0.2, 0.25) is 0 Å². The maximum atomic E-state index is 12.5. The summed E-state index contributed by atoms with van der Waals surface area (Å²) in [6.45, 7) is 6.89. The minimum atomic E-state index is -3.21. The number of nitrogens with two attached hydrogens (primary N) is 1. The van der Waals surface area contributed by atoms with Gasteiger partial charge in [-0.15, -0.1) is 12.4 Å². The second kappa shape index (κ2) is 8.87. The largest absolute Gasteiger partial charge is 0.348 e. The molecule has 6 nitrogen and oxygen atoms in total. The standard InChI is InChI=1S/C17H27N3O3S.ClH/c1-12(2)9-14(11-18)19-17(21)16-6-5-15(10-13(16)3)20-7-4-8-24(20,22)23;/h5-6,10,12,14H,4,7-9,11,18H2,1-3H3,(H,19,21);1H. The summed E-state index contributed by atoms with van der Waals surface area (Å²) in [5.74, 6) is 0.462. The van der Waals surface area contributed by atoms with Crippen molar-refractivity contribution in [2.24, 2.45) is 11.7 Å². The van der Waals surface area contributed by atoms with Gasteiger partial charge >= 0.3 is 0 Å². The maximum Gasteiger partial charge on any atom is 0.251 e. The van der Waals surface area contributed by atoms with Crippen LogP contribution in [-0.2, 0) is 10.0 Å². The summed E-state index contributed by atoms with van der Waals surface area (Å²) in [4.78, 5) is 12.5. The first-order valence-electron chi connectivity index (χ1n) is 8.36. The number of hydrogen-bond acceptors (Lipinski definition) is 4. The molecule has 25 heavy (non-hydrogen) atoms. The molecular weight excluding hydrogens is 362 g/mol. The highest BCUT2D eigenvalue weighted by atomic mass is 35.5. The van der Waals surface area contributed by atoms with Crippen molar-refractivity contribution in [3.8, 4) is 0 Å². The normalized spacial score (nSPS) is 17.2. The number of halogens is 1. The lowest BCUT2D eigenvalue weighted by Gasteiger charge is -2.21. The number of amides is 1. The van der Waals surface area contributed by atoms with Gasteiger partial charge in [-0.1, -0.05) is 13.8 Å². The molecule has 1 saturated heterocycles. The summed E-state index contributed by atoms with van der Waals surface area (Å²) in [6, 6.07) is 5.09. The van der Waals surface area contributed by atoms with Gasteiger partial charge in [0.25, 0.3) is 5.91 Å². The van der Waals surface area contributed by atoms with Crippen molar-refractivity contribution in [2.75, 3.05) is 23.1 Å². The number of sulfonamides is 1. The number of anilines is 1.